The maximum atomic E-state index is 12.8. The number of nitro groups is 1. The third-order valence-corrected chi connectivity index (χ3v) is 4.60. The minimum absolute atomic E-state index is 0.0215. The topological polar surface area (TPSA) is 197 Å². The van der Waals surface area contributed by atoms with Gasteiger partial charge < -0.3 is 31.4 Å². The predicted octanol–water partition coefficient (Wildman–Crippen LogP) is 1.51. The number of hydrogen-bond donors (Lipinski definition) is 4. The van der Waals surface area contributed by atoms with Gasteiger partial charge in [-0.1, -0.05) is 13.8 Å². The number of amides is 1. The van der Waals surface area contributed by atoms with Gasteiger partial charge in [-0.25, -0.2) is 9.59 Å². The smallest absolute Gasteiger partial charge is 0.408 e. The molecule has 0 aliphatic carbocycles. The summed E-state index contributed by atoms with van der Waals surface area (Å²) >= 11 is 0. The maximum absolute atomic E-state index is 12.8. The Morgan fingerprint density at radius 2 is 1.71 bits per heavy atom. The summed E-state index contributed by atoms with van der Waals surface area (Å²) in [5.41, 5.74) is 8.64. The number of benzene rings is 1. The van der Waals surface area contributed by atoms with E-state index in [2.05, 4.69) is 5.32 Å². The molecule has 1 amide bonds. The number of nitrogens with zero attached hydrogens (tertiary/aromatic N) is 1. The van der Waals surface area contributed by atoms with E-state index in [1.807, 2.05) is 13.8 Å². The van der Waals surface area contributed by atoms with Crippen molar-refractivity contribution in [3.05, 3.63) is 39.9 Å². The van der Waals surface area contributed by atoms with E-state index in [0.717, 1.165) is 0 Å². The van der Waals surface area contributed by atoms with Gasteiger partial charge in [-0.3, -0.25) is 14.9 Å². The van der Waals surface area contributed by atoms with Crippen LogP contribution in [0.5, 0.6) is 0 Å². The van der Waals surface area contributed by atoms with Gasteiger partial charge in [-0.05, 0) is 50.8 Å². The van der Waals surface area contributed by atoms with Crippen molar-refractivity contribution in [3.8, 4) is 0 Å². The molecule has 34 heavy (non-hydrogen) atoms. The number of carbonyl (C=O) groups excluding carboxylic acids is 3. The van der Waals surface area contributed by atoms with E-state index < -0.39 is 52.6 Å². The van der Waals surface area contributed by atoms with Gasteiger partial charge in [0.25, 0.3) is 5.69 Å². The number of nitrogens with one attached hydrogen (secondary N) is 1. The molecular weight excluding hydrogens is 448 g/mol. The first kappa shape index (κ1) is 28.9. The van der Waals surface area contributed by atoms with Gasteiger partial charge in [0.1, 0.15) is 18.3 Å². The minimum Gasteiger partial charge on any atom is -0.458 e. The van der Waals surface area contributed by atoms with E-state index in [1.54, 1.807) is 20.8 Å². The van der Waals surface area contributed by atoms with Crippen LogP contribution in [0.2, 0.25) is 0 Å². The van der Waals surface area contributed by atoms with Gasteiger partial charge in [0.05, 0.1) is 11.0 Å². The van der Waals surface area contributed by atoms with Crippen LogP contribution in [0.15, 0.2) is 24.3 Å². The second-order valence-electron chi connectivity index (χ2n) is 9.45. The molecule has 0 aliphatic rings. The fourth-order valence-corrected chi connectivity index (χ4v) is 2.82. The van der Waals surface area contributed by atoms with Crippen molar-refractivity contribution in [2.75, 3.05) is 0 Å². The Morgan fingerprint density at radius 1 is 1.15 bits per heavy atom. The number of ether oxygens (including phenoxy) is 2. The number of rotatable bonds is 11. The van der Waals surface area contributed by atoms with E-state index in [0.29, 0.717) is 5.56 Å². The van der Waals surface area contributed by atoms with E-state index >= 15 is 0 Å². The number of ketones is 1. The zero-order valence-electron chi connectivity index (χ0n) is 20.1. The third kappa shape index (κ3) is 9.41. The number of hydrogen-bond acceptors (Lipinski definition) is 10. The van der Waals surface area contributed by atoms with Crippen LogP contribution < -0.4 is 16.8 Å². The van der Waals surface area contributed by atoms with Crippen LogP contribution in [0, 0.1) is 16.0 Å². The summed E-state index contributed by atoms with van der Waals surface area (Å²) in [5, 5.41) is 23.6. The van der Waals surface area contributed by atoms with Crippen LogP contribution in [0.25, 0.3) is 0 Å². The fraction of sp³-hybridized carbons (Fsp3) is 0.591. The van der Waals surface area contributed by atoms with Crippen LogP contribution in [0.1, 0.15) is 53.0 Å². The molecule has 0 spiro atoms. The maximum Gasteiger partial charge on any atom is 0.408 e. The molecule has 0 aromatic heterocycles. The zero-order valence-corrected chi connectivity index (χ0v) is 20.1. The Hall–Kier alpha value is -3.09. The normalized spacial score (nSPS) is 13.7. The van der Waals surface area contributed by atoms with Crippen molar-refractivity contribution in [2.45, 2.75) is 77.5 Å². The molecule has 1 aromatic carbocycles. The molecule has 0 saturated heterocycles. The number of alkyl carbamates (subject to hydrolysis) is 1. The summed E-state index contributed by atoms with van der Waals surface area (Å²) < 4.78 is 10.2. The number of non-ortho nitro benzene ring substituents is 1. The average Bonchev–Trinajstić information content (AvgIpc) is 2.69. The van der Waals surface area contributed by atoms with Crippen molar-refractivity contribution in [1.29, 1.82) is 0 Å². The molecule has 1 rings (SSSR count). The van der Waals surface area contributed by atoms with E-state index in [4.69, 9.17) is 20.9 Å². The summed E-state index contributed by atoms with van der Waals surface area (Å²) in [6.07, 6.45) is -2.96. The second-order valence-corrected chi connectivity index (χ2v) is 9.45. The Labute approximate surface area is 198 Å². The Kier molecular flexibility index (Phi) is 10.1. The highest BCUT2D eigenvalue weighted by atomic mass is 16.6. The lowest BCUT2D eigenvalue weighted by atomic mass is 9.93. The first-order chi connectivity index (χ1) is 15.5. The predicted molar refractivity (Wildman–Crippen MR) is 122 cm³/mol. The van der Waals surface area contributed by atoms with Gasteiger partial charge in [0.15, 0.2) is 11.4 Å². The Morgan fingerprint density at radius 3 is 2.18 bits per heavy atom. The second kappa shape index (κ2) is 11.9. The first-order valence-electron chi connectivity index (χ1n) is 10.7. The number of aliphatic hydroxyl groups excluding tert-OH is 1. The molecule has 1 aromatic rings. The minimum atomic E-state index is -2.41. The third-order valence-electron chi connectivity index (χ3n) is 4.60. The van der Waals surface area contributed by atoms with Crippen LogP contribution >= 0.6 is 0 Å². The lowest BCUT2D eigenvalue weighted by molar-refractivity contribution is -0.384. The summed E-state index contributed by atoms with van der Waals surface area (Å²) in [7, 11) is 0. The SMILES string of the molecule is CC(C)C[C@H](NC(=O)OC(C)(C)C)C(=O)CC(O)C(N)(N)C(=O)OCc1ccc([N+](=O)[O-])cc1. The van der Waals surface area contributed by atoms with Crippen LogP contribution in [0.4, 0.5) is 10.5 Å². The van der Waals surface area contributed by atoms with Gasteiger partial charge >= 0.3 is 12.1 Å². The molecule has 0 radical (unpaired) electrons. The molecule has 0 aliphatic heterocycles. The number of carbonyl (C=O) groups is 3. The number of esters is 1. The highest BCUT2D eigenvalue weighted by Crippen LogP contribution is 2.16. The molecular formula is C22H34N4O8. The zero-order chi connectivity index (χ0) is 26.3. The molecule has 12 nitrogen and oxygen atoms in total. The quantitative estimate of drug-likeness (QED) is 0.155. The fourth-order valence-electron chi connectivity index (χ4n) is 2.82. The van der Waals surface area contributed by atoms with Crippen molar-refractivity contribution < 1.29 is 33.9 Å². The number of aliphatic hydroxyl groups is 1. The lowest BCUT2D eigenvalue weighted by Gasteiger charge is -2.29. The monoisotopic (exact) mass is 482 g/mol. The van der Waals surface area contributed by atoms with E-state index in [-0.39, 0.29) is 24.6 Å². The summed E-state index contributed by atoms with van der Waals surface area (Å²) in [4.78, 5) is 47.4. The number of nitrogens with two attached hydrogens (primary N) is 2. The number of Topliss-reactive ketones (excluding diaryl/α,β-unsaturated/α-hetero) is 1. The molecule has 12 heteroatoms. The highest BCUT2D eigenvalue weighted by molar-refractivity contribution is 5.89. The largest absolute Gasteiger partial charge is 0.458 e. The van der Waals surface area contributed by atoms with Crippen LogP contribution in [0.3, 0.4) is 0 Å². The number of nitro benzene ring substituents is 1. The highest BCUT2D eigenvalue weighted by Gasteiger charge is 2.41. The average molecular weight is 483 g/mol. The van der Waals surface area contributed by atoms with E-state index in [9.17, 15) is 29.6 Å². The molecule has 190 valence electrons. The van der Waals surface area contributed by atoms with E-state index in [1.165, 1.54) is 24.3 Å². The van der Waals surface area contributed by atoms with Crippen molar-refractivity contribution >= 4 is 23.5 Å². The first-order valence-corrected chi connectivity index (χ1v) is 10.7. The molecule has 1 unspecified atom stereocenters. The molecule has 0 heterocycles. The summed E-state index contributed by atoms with van der Waals surface area (Å²) in [6.45, 7) is 8.42. The molecule has 0 bridgehead atoms. The summed E-state index contributed by atoms with van der Waals surface area (Å²) in [6, 6.07) is 4.26. The lowest BCUT2D eigenvalue weighted by Crippen LogP contribution is -2.66. The van der Waals surface area contributed by atoms with Gasteiger partial charge in [0.2, 0.25) is 0 Å². The summed E-state index contributed by atoms with van der Waals surface area (Å²) in [5.74, 6) is -1.74. The Bertz CT molecular complexity index is 878. The standard InChI is InChI=1S/C22H34N4O8/c1-13(2)10-16(25-20(30)34-21(3,4)5)17(27)11-18(28)22(23,24)19(29)33-12-14-6-8-15(9-7-14)26(31)32/h6-9,13,16,18,28H,10-12,23-24H2,1-5H3,(H,25,30)/t16-,18?/m0/s1. The van der Waals surface area contributed by atoms with Crippen molar-refractivity contribution in [1.82, 2.24) is 5.32 Å². The Balaban J connectivity index is 2.78. The molecule has 6 N–H and O–H groups in total. The molecule has 2 atom stereocenters. The van der Waals surface area contributed by atoms with Crippen LogP contribution in [-0.2, 0) is 25.7 Å². The van der Waals surface area contributed by atoms with Gasteiger partial charge in [-0.15, -0.1) is 0 Å². The van der Waals surface area contributed by atoms with Crippen molar-refractivity contribution in [3.63, 3.8) is 0 Å². The van der Waals surface area contributed by atoms with Gasteiger partial charge in [0, 0.05) is 18.6 Å². The van der Waals surface area contributed by atoms with Crippen molar-refractivity contribution in [2.24, 2.45) is 17.4 Å². The molecule has 0 saturated carbocycles. The van der Waals surface area contributed by atoms with Gasteiger partial charge in [-0.2, -0.15) is 0 Å². The van der Waals surface area contributed by atoms with Crippen LogP contribution in [-0.4, -0.2) is 51.3 Å². The molecule has 0 fully saturated rings.